The molecule has 0 bridgehead atoms. The Morgan fingerprint density at radius 2 is 2.17 bits per heavy atom. The van der Waals surface area contributed by atoms with Crippen LogP contribution in [-0.4, -0.2) is 40.5 Å². The van der Waals surface area contributed by atoms with Crippen LogP contribution in [0.15, 0.2) is 18.2 Å². The van der Waals surface area contributed by atoms with Crippen LogP contribution in [0, 0.1) is 17.0 Å². The number of nitrogens with zero attached hydrogens (tertiary/aromatic N) is 2. The smallest absolute Gasteiger partial charge is 0.285 e. The molecule has 0 unspecified atom stereocenters. The number of aliphatic hydroxyl groups is 1. The second kappa shape index (κ2) is 6.11. The van der Waals surface area contributed by atoms with Gasteiger partial charge in [0.1, 0.15) is 5.56 Å². The zero-order valence-corrected chi connectivity index (χ0v) is 10.4. The summed E-state index contributed by atoms with van der Waals surface area (Å²) in [6, 6.07) is 4.65. The molecule has 1 amide bonds. The Bertz CT molecular complexity index is 459. The summed E-state index contributed by atoms with van der Waals surface area (Å²) in [6.07, 6.45) is 0. The van der Waals surface area contributed by atoms with E-state index in [0.29, 0.717) is 12.1 Å². The van der Waals surface area contributed by atoms with Crippen LogP contribution in [0.4, 0.5) is 5.69 Å². The second-order valence-corrected chi connectivity index (χ2v) is 3.84. The van der Waals surface area contributed by atoms with Crippen molar-refractivity contribution < 1.29 is 14.8 Å². The molecule has 1 rings (SSSR count). The first-order chi connectivity index (χ1) is 8.52. The lowest BCUT2D eigenvalue weighted by atomic mass is 10.1. The van der Waals surface area contributed by atoms with Crippen molar-refractivity contribution in [1.82, 2.24) is 4.90 Å². The third kappa shape index (κ3) is 2.84. The Balaban J connectivity index is 3.20. The summed E-state index contributed by atoms with van der Waals surface area (Å²) in [7, 11) is 0. The molecule has 0 radical (unpaired) electrons. The van der Waals surface area contributed by atoms with E-state index in [1.54, 1.807) is 26.0 Å². The SMILES string of the molecule is CCN(CCO)C(=O)c1cccc(C)c1[N+](=O)[O-]. The van der Waals surface area contributed by atoms with Gasteiger partial charge in [-0.15, -0.1) is 0 Å². The Morgan fingerprint density at radius 1 is 1.50 bits per heavy atom. The van der Waals surface area contributed by atoms with Gasteiger partial charge in [0.25, 0.3) is 11.6 Å². The van der Waals surface area contributed by atoms with Crippen molar-refractivity contribution in [2.24, 2.45) is 0 Å². The summed E-state index contributed by atoms with van der Waals surface area (Å²) >= 11 is 0. The number of carbonyl (C=O) groups is 1. The average Bonchev–Trinajstić information content (AvgIpc) is 2.34. The number of para-hydroxylation sites is 1. The third-order valence-corrected chi connectivity index (χ3v) is 2.69. The molecular weight excluding hydrogens is 236 g/mol. The Hall–Kier alpha value is -1.95. The molecule has 0 aromatic heterocycles. The number of carbonyl (C=O) groups excluding carboxylic acids is 1. The molecule has 98 valence electrons. The predicted molar refractivity (Wildman–Crippen MR) is 66.5 cm³/mol. The number of hydrogen-bond acceptors (Lipinski definition) is 4. The molecule has 0 aliphatic heterocycles. The number of nitro benzene ring substituents is 1. The summed E-state index contributed by atoms with van der Waals surface area (Å²) in [5, 5.41) is 19.9. The van der Waals surface area contributed by atoms with Crippen LogP contribution >= 0.6 is 0 Å². The van der Waals surface area contributed by atoms with Gasteiger partial charge in [0.2, 0.25) is 0 Å². The Morgan fingerprint density at radius 3 is 2.67 bits per heavy atom. The number of amides is 1. The number of rotatable bonds is 5. The van der Waals surface area contributed by atoms with E-state index in [-0.39, 0.29) is 24.4 Å². The van der Waals surface area contributed by atoms with Gasteiger partial charge in [0, 0.05) is 18.7 Å². The number of aryl methyl sites for hydroxylation is 1. The van der Waals surface area contributed by atoms with Crippen LogP contribution in [0.5, 0.6) is 0 Å². The topological polar surface area (TPSA) is 83.7 Å². The molecule has 1 aromatic rings. The van der Waals surface area contributed by atoms with Crippen LogP contribution in [0.1, 0.15) is 22.8 Å². The van der Waals surface area contributed by atoms with Crippen LogP contribution in [0.3, 0.4) is 0 Å². The lowest BCUT2D eigenvalue weighted by Crippen LogP contribution is -2.33. The molecular formula is C12H16N2O4. The van der Waals surface area contributed by atoms with Gasteiger partial charge in [0.15, 0.2) is 0 Å². The molecule has 0 fully saturated rings. The number of benzene rings is 1. The highest BCUT2D eigenvalue weighted by atomic mass is 16.6. The molecule has 0 saturated carbocycles. The minimum atomic E-state index is -0.546. The third-order valence-electron chi connectivity index (χ3n) is 2.69. The zero-order chi connectivity index (χ0) is 13.7. The van der Waals surface area contributed by atoms with Gasteiger partial charge >= 0.3 is 0 Å². The molecule has 0 heterocycles. The summed E-state index contributed by atoms with van der Waals surface area (Å²) in [5.41, 5.74) is 0.347. The highest BCUT2D eigenvalue weighted by Gasteiger charge is 2.25. The standard InChI is InChI=1S/C12H16N2O4/c1-3-13(7-8-15)12(16)10-6-4-5-9(2)11(10)14(17)18/h4-6,15H,3,7-8H2,1-2H3. The van der Waals surface area contributed by atoms with E-state index in [1.807, 2.05) is 0 Å². The summed E-state index contributed by atoms with van der Waals surface area (Å²) in [6.45, 7) is 3.75. The number of hydrogen-bond donors (Lipinski definition) is 1. The second-order valence-electron chi connectivity index (χ2n) is 3.84. The van der Waals surface area contributed by atoms with Gasteiger partial charge in [-0.05, 0) is 19.9 Å². The first-order valence-electron chi connectivity index (χ1n) is 5.67. The highest BCUT2D eigenvalue weighted by molar-refractivity contribution is 5.98. The van der Waals surface area contributed by atoms with E-state index in [0.717, 1.165) is 0 Å². The predicted octanol–water partition coefficient (Wildman–Crippen LogP) is 1.36. The minimum absolute atomic E-state index is 0.0651. The van der Waals surface area contributed by atoms with E-state index in [9.17, 15) is 14.9 Å². The summed E-state index contributed by atoms with van der Waals surface area (Å²) in [4.78, 5) is 24.0. The molecule has 0 saturated heterocycles. The largest absolute Gasteiger partial charge is 0.395 e. The fraction of sp³-hybridized carbons (Fsp3) is 0.417. The molecule has 18 heavy (non-hydrogen) atoms. The molecule has 0 aliphatic rings. The maximum atomic E-state index is 12.2. The van der Waals surface area contributed by atoms with Crippen LogP contribution in [0.2, 0.25) is 0 Å². The monoisotopic (exact) mass is 252 g/mol. The maximum Gasteiger partial charge on any atom is 0.285 e. The van der Waals surface area contributed by atoms with Crippen molar-refractivity contribution in [2.45, 2.75) is 13.8 Å². The lowest BCUT2D eigenvalue weighted by molar-refractivity contribution is -0.385. The normalized spacial score (nSPS) is 10.2. The summed E-state index contributed by atoms with van der Waals surface area (Å²) in [5.74, 6) is -0.429. The molecule has 0 spiro atoms. The van der Waals surface area contributed by atoms with Crippen LogP contribution < -0.4 is 0 Å². The van der Waals surface area contributed by atoms with E-state index in [2.05, 4.69) is 0 Å². The molecule has 6 heteroatoms. The highest BCUT2D eigenvalue weighted by Crippen LogP contribution is 2.24. The molecule has 0 aliphatic carbocycles. The molecule has 1 aromatic carbocycles. The van der Waals surface area contributed by atoms with Crippen LogP contribution in [-0.2, 0) is 0 Å². The van der Waals surface area contributed by atoms with Crippen molar-refractivity contribution in [3.63, 3.8) is 0 Å². The molecule has 6 nitrogen and oxygen atoms in total. The average molecular weight is 252 g/mol. The Labute approximate surface area is 105 Å². The van der Waals surface area contributed by atoms with Gasteiger partial charge in [-0.2, -0.15) is 0 Å². The van der Waals surface area contributed by atoms with Gasteiger partial charge in [-0.25, -0.2) is 0 Å². The quantitative estimate of drug-likeness (QED) is 0.633. The fourth-order valence-electron chi connectivity index (χ4n) is 1.77. The van der Waals surface area contributed by atoms with Crippen molar-refractivity contribution in [3.05, 3.63) is 39.4 Å². The van der Waals surface area contributed by atoms with E-state index in [1.165, 1.54) is 11.0 Å². The van der Waals surface area contributed by atoms with Crippen molar-refractivity contribution in [3.8, 4) is 0 Å². The summed E-state index contributed by atoms with van der Waals surface area (Å²) < 4.78 is 0. The number of aliphatic hydroxyl groups excluding tert-OH is 1. The van der Waals surface area contributed by atoms with Gasteiger partial charge in [-0.1, -0.05) is 12.1 Å². The first-order valence-corrected chi connectivity index (χ1v) is 5.67. The molecule has 0 atom stereocenters. The maximum absolute atomic E-state index is 12.2. The van der Waals surface area contributed by atoms with Crippen LogP contribution in [0.25, 0.3) is 0 Å². The van der Waals surface area contributed by atoms with E-state index in [4.69, 9.17) is 5.11 Å². The van der Waals surface area contributed by atoms with Crippen molar-refractivity contribution >= 4 is 11.6 Å². The van der Waals surface area contributed by atoms with Gasteiger partial charge in [-0.3, -0.25) is 14.9 Å². The molecule has 1 N–H and O–H groups in total. The van der Waals surface area contributed by atoms with Crippen molar-refractivity contribution in [2.75, 3.05) is 19.7 Å². The zero-order valence-electron chi connectivity index (χ0n) is 10.4. The lowest BCUT2D eigenvalue weighted by Gasteiger charge is -2.19. The Kier molecular flexibility index (Phi) is 4.79. The minimum Gasteiger partial charge on any atom is -0.395 e. The first kappa shape index (κ1) is 14.1. The number of nitro groups is 1. The van der Waals surface area contributed by atoms with Gasteiger partial charge < -0.3 is 10.0 Å². The van der Waals surface area contributed by atoms with E-state index >= 15 is 0 Å². The fourth-order valence-corrected chi connectivity index (χ4v) is 1.77. The van der Waals surface area contributed by atoms with E-state index < -0.39 is 10.8 Å². The number of likely N-dealkylation sites (N-methyl/N-ethyl adjacent to an activating group) is 1. The van der Waals surface area contributed by atoms with Gasteiger partial charge in [0.05, 0.1) is 11.5 Å². The van der Waals surface area contributed by atoms with Crippen molar-refractivity contribution in [1.29, 1.82) is 0 Å².